The Morgan fingerprint density at radius 2 is 1.93 bits per heavy atom. The van der Waals surface area contributed by atoms with Crippen molar-refractivity contribution in [3.05, 3.63) is 75.9 Å². The van der Waals surface area contributed by atoms with Gasteiger partial charge in [-0.25, -0.2) is 0 Å². The van der Waals surface area contributed by atoms with Gasteiger partial charge in [0.2, 0.25) is 0 Å². The Hall–Kier alpha value is -3.61. The molecule has 7 heteroatoms. The molecule has 4 rings (SSSR count). The van der Waals surface area contributed by atoms with E-state index < -0.39 is 0 Å². The van der Waals surface area contributed by atoms with Crippen LogP contribution in [0.15, 0.2) is 48.5 Å². The maximum atomic E-state index is 13.1. The molecule has 30 heavy (non-hydrogen) atoms. The Morgan fingerprint density at radius 1 is 1.17 bits per heavy atom. The van der Waals surface area contributed by atoms with Crippen molar-refractivity contribution >= 4 is 17.5 Å². The number of carbonyl (C=O) groups excluding carboxylic acids is 1. The molecule has 1 amide bonds. The number of hydrogen-bond acceptors (Lipinski definition) is 4. The van der Waals surface area contributed by atoms with Crippen molar-refractivity contribution < 1.29 is 4.79 Å². The molecule has 0 aliphatic carbocycles. The van der Waals surface area contributed by atoms with E-state index in [2.05, 4.69) is 17.2 Å². The van der Waals surface area contributed by atoms with E-state index in [1.165, 1.54) is 0 Å². The van der Waals surface area contributed by atoms with Crippen molar-refractivity contribution in [2.45, 2.75) is 25.9 Å². The summed E-state index contributed by atoms with van der Waals surface area (Å²) in [6, 6.07) is 18.7. The topological polar surface area (TPSA) is 85.7 Å². The molecule has 2 aromatic carbocycles. The number of rotatable bonds is 4. The minimum absolute atomic E-state index is 0.0107. The molecule has 148 valence electrons. The zero-order chi connectivity index (χ0) is 21.3. The van der Waals surface area contributed by atoms with Gasteiger partial charge in [-0.3, -0.25) is 9.48 Å². The van der Waals surface area contributed by atoms with Crippen LogP contribution in [0.1, 0.15) is 40.1 Å². The van der Waals surface area contributed by atoms with Crippen molar-refractivity contribution in [2.24, 2.45) is 0 Å². The Morgan fingerprint density at radius 3 is 2.63 bits per heavy atom. The van der Waals surface area contributed by atoms with Crippen LogP contribution < -0.4 is 0 Å². The van der Waals surface area contributed by atoms with Gasteiger partial charge in [0.25, 0.3) is 5.91 Å². The van der Waals surface area contributed by atoms with Crippen LogP contribution in [0, 0.1) is 22.7 Å². The van der Waals surface area contributed by atoms with Crippen LogP contribution in [-0.2, 0) is 13.0 Å². The molecule has 3 aromatic rings. The molecule has 0 fully saturated rings. The van der Waals surface area contributed by atoms with E-state index in [0.717, 1.165) is 16.7 Å². The lowest BCUT2D eigenvalue weighted by molar-refractivity contribution is 0.0651. The highest BCUT2D eigenvalue weighted by Crippen LogP contribution is 2.30. The summed E-state index contributed by atoms with van der Waals surface area (Å²) in [5.74, 6) is -0.0907. The number of nitriles is 2. The fourth-order valence-electron chi connectivity index (χ4n) is 3.75. The van der Waals surface area contributed by atoms with Gasteiger partial charge in [0.1, 0.15) is 5.69 Å². The van der Waals surface area contributed by atoms with E-state index >= 15 is 0 Å². The summed E-state index contributed by atoms with van der Waals surface area (Å²) >= 11 is 6.09. The SMILES string of the molecule is C[C@H]1CN(Cc2ccc(C#N)cc2)C(=O)c2cc(-c3ccc(Cl)cc3CC#N)nn21. The van der Waals surface area contributed by atoms with E-state index in [1.54, 1.807) is 39.9 Å². The van der Waals surface area contributed by atoms with Gasteiger partial charge in [-0.2, -0.15) is 15.6 Å². The number of hydrogen-bond donors (Lipinski definition) is 0. The summed E-state index contributed by atoms with van der Waals surface area (Å²) in [4.78, 5) is 14.9. The molecule has 2 heterocycles. The molecule has 0 saturated carbocycles. The average Bonchev–Trinajstić information content (AvgIpc) is 3.19. The minimum Gasteiger partial charge on any atom is -0.331 e. The summed E-state index contributed by atoms with van der Waals surface area (Å²) in [6.07, 6.45) is 0.215. The van der Waals surface area contributed by atoms with Gasteiger partial charge in [-0.1, -0.05) is 29.8 Å². The monoisotopic (exact) mass is 415 g/mol. The second-order valence-electron chi connectivity index (χ2n) is 7.34. The third-order valence-electron chi connectivity index (χ3n) is 5.21. The quantitative estimate of drug-likeness (QED) is 0.633. The van der Waals surface area contributed by atoms with Crippen LogP contribution in [0.25, 0.3) is 11.3 Å². The highest BCUT2D eigenvalue weighted by molar-refractivity contribution is 6.30. The second-order valence-corrected chi connectivity index (χ2v) is 7.78. The molecule has 0 bridgehead atoms. The summed E-state index contributed by atoms with van der Waals surface area (Å²) in [5, 5.41) is 23.3. The summed E-state index contributed by atoms with van der Waals surface area (Å²) in [6.45, 7) is 3.03. The van der Waals surface area contributed by atoms with Gasteiger partial charge in [-0.15, -0.1) is 0 Å². The van der Waals surface area contributed by atoms with Gasteiger partial charge >= 0.3 is 0 Å². The highest BCUT2D eigenvalue weighted by Gasteiger charge is 2.31. The molecule has 6 nitrogen and oxygen atoms in total. The lowest BCUT2D eigenvalue weighted by Crippen LogP contribution is -2.41. The molecule has 0 radical (unpaired) electrons. The average molecular weight is 416 g/mol. The second kappa shape index (κ2) is 8.02. The van der Waals surface area contributed by atoms with E-state index in [0.29, 0.717) is 35.1 Å². The highest BCUT2D eigenvalue weighted by atomic mass is 35.5. The van der Waals surface area contributed by atoms with Crippen LogP contribution in [-0.4, -0.2) is 27.1 Å². The van der Waals surface area contributed by atoms with E-state index in [1.807, 2.05) is 25.1 Å². The number of benzene rings is 2. The predicted molar refractivity (Wildman–Crippen MR) is 113 cm³/mol. The summed E-state index contributed by atoms with van der Waals surface area (Å²) < 4.78 is 1.76. The third-order valence-corrected chi connectivity index (χ3v) is 5.45. The number of amides is 1. The molecular formula is C23H18ClN5O. The number of aromatic nitrogens is 2. The lowest BCUT2D eigenvalue weighted by Gasteiger charge is -2.31. The molecular weight excluding hydrogens is 398 g/mol. The third kappa shape index (κ3) is 3.66. The molecule has 0 saturated heterocycles. The molecule has 0 spiro atoms. The summed E-state index contributed by atoms with van der Waals surface area (Å²) in [7, 11) is 0. The lowest BCUT2D eigenvalue weighted by atomic mass is 10.0. The first-order valence-corrected chi connectivity index (χ1v) is 9.91. The normalized spacial score (nSPS) is 15.4. The fourth-order valence-corrected chi connectivity index (χ4v) is 3.94. The first-order chi connectivity index (χ1) is 14.5. The zero-order valence-electron chi connectivity index (χ0n) is 16.3. The van der Waals surface area contributed by atoms with Crippen molar-refractivity contribution in [3.8, 4) is 23.4 Å². The maximum Gasteiger partial charge on any atom is 0.272 e. The van der Waals surface area contributed by atoms with E-state index in [4.69, 9.17) is 22.1 Å². The minimum atomic E-state index is -0.0907. The smallest absolute Gasteiger partial charge is 0.272 e. The molecule has 1 aliphatic rings. The van der Waals surface area contributed by atoms with Crippen molar-refractivity contribution in [3.63, 3.8) is 0 Å². The van der Waals surface area contributed by atoms with Crippen molar-refractivity contribution in [1.29, 1.82) is 10.5 Å². The Balaban J connectivity index is 1.65. The number of carbonyl (C=O) groups is 1. The van der Waals surface area contributed by atoms with Crippen molar-refractivity contribution in [1.82, 2.24) is 14.7 Å². The summed E-state index contributed by atoms with van der Waals surface area (Å²) in [5.41, 5.74) is 4.34. The van der Waals surface area contributed by atoms with Gasteiger partial charge < -0.3 is 4.90 Å². The standard InChI is InChI=1S/C23H18ClN5O/c1-15-13-28(14-17-4-2-16(12-26)3-5-17)23(30)22-11-21(27-29(15)22)20-7-6-19(24)10-18(20)8-9-25/h2-7,10-11,15H,8,13-14H2,1H3/t15-/m0/s1. The van der Waals surface area contributed by atoms with Gasteiger partial charge in [0, 0.05) is 23.7 Å². The largest absolute Gasteiger partial charge is 0.331 e. The van der Waals surface area contributed by atoms with Crippen LogP contribution >= 0.6 is 11.6 Å². The molecule has 1 aliphatic heterocycles. The first kappa shape index (κ1) is 19.7. The molecule has 0 N–H and O–H groups in total. The van der Waals surface area contributed by atoms with Crippen LogP contribution in [0.3, 0.4) is 0 Å². The van der Waals surface area contributed by atoms with Crippen LogP contribution in [0.2, 0.25) is 5.02 Å². The Labute approximate surface area is 179 Å². The van der Waals surface area contributed by atoms with Crippen LogP contribution in [0.5, 0.6) is 0 Å². The number of fused-ring (bicyclic) bond motifs is 1. The van der Waals surface area contributed by atoms with E-state index in [9.17, 15) is 4.79 Å². The zero-order valence-corrected chi connectivity index (χ0v) is 17.1. The molecule has 1 aromatic heterocycles. The molecule has 1 atom stereocenters. The van der Waals surface area contributed by atoms with Gasteiger partial charge in [0.05, 0.1) is 35.9 Å². The maximum absolute atomic E-state index is 13.1. The molecule has 0 unspecified atom stereocenters. The van der Waals surface area contributed by atoms with E-state index in [-0.39, 0.29) is 18.4 Å². The number of nitrogens with zero attached hydrogens (tertiary/aromatic N) is 5. The fraction of sp³-hybridized carbons (Fsp3) is 0.217. The Kier molecular flexibility index (Phi) is 5.27. The predicted octanol–water partition coefficient (Wildman–Crippen LogP) is 4.36. The first-order valence-electron chi connectivity index (χ1n) is 9.53. The van der Waals surface area contributed by atoms with Gasteiger partial charge in [0.15, 0.2) is 0 Å². The van der Waals surface area contributed by atoms with Crippen molar-refractivity contribution in [2.75, 3.05) is 6.54 Å². The van der Waals surface area contributed by atoms with Gasteiger partial charge in [-0.05, 0) is 48.4 Å². The number of halogens is 1. The Bertz CT molecular complexity index is 1200. The van der Waals surface area contributed by atoms with Crippen LogP contribution in [0.4, 0.5) is 0 Å².